The van der Waals surface area contributed by atoms with Gasteiger partial charge in [-0.2, -0.15) is 5.10 Å². The first-order valence-corrected chi connectivity index (χ1v) is 12.7. The Morgan fingerprint density at radius 3 is 2.58 bits per heavy atom. The Hall–Kier alpha value is -4.35. The standard InChI is InChI=1S/C30H30N6O2/c1-21(36-29(37)11-10-28(34-36)24-7-5-9-26(17-24)31-2)23-6-4-8-25(16-23)30-32-18-27(19-33-30)38-20-22-12-14-35(3)15-13-22/h4-11,16-19,21-22H,12-15,20H2,1,3H3/t21-/m0/s1/i21D. The van der Waals surface area contributed by atoms with Gasteiger partial charge in [0.25, 0.3) is 5.56 Å². The molecule has 38 heavy (non-hydrogen) atoms. The van der Waals surface area contributed by atoms with Crippen molar-refractivity contribution in [3.8, 4) is 28.4 Å². The predicted octanol–water partition coefficient (Wildman–Crippen LogP) is 5.25. The molecule has 0 amide bonds. The molecular formula is C30H30N6O2. The van der Waals surface area contributed by atoms with E-state index in [0.29, 0.717) is 46.6 Å². The van der Waals surface area contributed by atoms with Crippen LogP contribution >= 0.6 is 0 Å². The Balaban J connectivity index is 1.36. The van der Waals surface area contributed by atoms with Crippen molar-refractivity contribution >= 4 is 5.69 Å². The van der Waals surface area contributed by atoms with Crippen molar-refractivity contribution in [3.05, 3.63) is 100 Å². The highest BCUT2D eigenvalue weighted by molar-refractivity contribution is 5.65. The molecule has 8 heteroatoms. The topological polar surface area (TPSA) is 77.5 Å². The Morgan fingerprint density at radius 2 is 1.82 bits per heavy atom. The second kappa shape index (κ2) is 11.4. The average molecular weight is 508 g/mol. The summed E-state index contributed by atoms with van der Waals surface area (Å²) in [4.78, 5) is 27.6. The van der Waals surface area contributed by atoms with Gasteiger partial charge in [0.2, 0.25) is 0 Å². The normalized spacial score (nSPS) is 16.3. The highest BCUT2D eigenvalue weighted by atomic mass is 16.5. The zero-order valence-electron chi connectivity index (χ0n) is 22.5. The van der Waals surface area contributed by atoms with Crippen LogP contribution in [0.3, 0.4) is 0 Å². The van der Waals surface area contributed by atoms with Crippen LogP contribution in [-0.2, 0) is 0 Å². The molecule has 1 aliphatic heterocycles. The summed E-state index contributed by atoms with van der Waals surface area (Å²) in [5, 5.41) is 4.51. The first-order valence-electron chi connectivity index (χ1n) is 13.2. The number of aromatic nitrogens is 4. The summed E-state index contributed by atoms with van der Waals surface area (Å²) in [6, 6.07) is 15.8. The van der Waals surface area contributed by atoms with Crippen molar-refractivity contribution < 1.29 is 6.11 Å². The third kappa shape index (κ3) is 5.79. The van der Waals surface area contributed by atoms with Crippen molar-refractivity contribution in [2.75, 3.05) is 26.7 Å². The Kier molecular flexibility index (Phi) is 7.18. The maximum atomic E-state index is 12.8. The van der Waals surface area contributed by atoms with Crippen LogP contribution in [0.4, 0.5) is 5.69 Å². The lowest BCUT2D eigenvalue weighted by Crippen LogP contribution is -2.32. The molecule has 1 atom stereocenters. The average Bonchev–Trinajstić information content (AvgIpc) is 2.97. The molecule has 0 spiro atoms. The van der Waals surface area contributed by atoms with Gasteiger partial charge in [-0.15, -0.1) is 0 Å². The number of benzene rings is 2. The van der Waals surface area contributed by atoms with E-state index in [1.807, 2.05) is 24.3 Å². The summed E-state index contributed by atoms with van der Waals surface area (Å²) < 4.78 is 16.2. The Labute approximate surface area is 223 Å². The fourth-order valence-electron chi connectivity index (χ4n) is 4.53. The lowest BCUT2D eigenvalue weighted by atomic mass is 9.98. The number of hydrogen-bond donors (Lipinski definition) is 0. The third-order valence-electron chi connectivity index (χ3n) is 6.88. The van der Waals surface area contributed by atoms with Crippen molar-refractivity contribution in [2.24, 2.45) is 5.92 Å². The third-order valence-corrected chi connectivity index (χ3v) is 6.88. The first kappa shape index (κ1) is 24.0. The predicted molar refractivity (Wildman–Crippen MR) is 147 cm³/mol. The van der Waals surface area contributed by atoms with E-state index in [2.05, 4.69) is 31.9 Å². The second-order valence-electron chi connectivity index (χ2n) is 9.60. The minimum absolute atomic E-state index is 0.398. The Morgan fingerprint density at radius 1 is 1.08 bits per heavy atom. The Bertz CT molecular complexity index is 1550. The van der Waals surface area contributed by atoms with Gasteiger partial charge in [-0.05, 0) is 75.1 Å². The van der Waals surface area contributed by atoms with E-state index < -0.39 is 11.6 Å². The van der Waals surface area contributed by atoms with Gasteiger partial charge in [0.15, 0.2) is 17.3 Å². The molecule has 0 unspecified atom stereocenters. The minimum Gasteiger partial charge on any atom is -0.490 e. The molecule has 8 nitrogen and oxygen atoms in total. The molecule has 1 aliphatic rings. The zero-order valence-corrected chi connectivity index (χ0v) is 21.5. The van der Waals surface area contributed by atoms with Crippen LogP contribution in [0.1, 0.15) is 32.7 Å². The monoisotopic (exact) mass is 507 g/mol. The van der Waals surface area contributed by atoms with Crippen LogP contribution in [0, 0.1) is 12.5 Å². The molecule has 192 valence electrons. The highest BCUT2D eigenvalue weighted by Crippen LogP contribution is 2.25. The number of nitrogens with zero attached hydrogens (tertiary/aromatic N) is 6. The first-order chi connectivity index (χ1) is 18.8. The molecule has 2 aromatic carbocycles. The molecule has 0 radical (unpaired) electrons. The number of likely N-dealkylation sites (tertiary alicyclic amines) is 1. The van der Waals surface area contributed by atoms with Crippen LogP contribution in [0.25, 0.3) is 27.5 Å². The molecule has 5 rings (SSSR count). The van der Waals surface area contributed by atoms with Gasteiger partial charge < -0.3 is 9.64 Å². The van der Waals surface area contributed by atoms with Crippen LogP contribution < -0.4 is 10.3 Å². The van der Waals surface area contributed by atoms with E-state index in [1.165, 1.54) is 6.07 Å². The van der Waals surface area contributed by atoms with E-state index in [1.54, 1.807) is 49.6 Å². The molecule has 1 fully saturated rings. The molecule has 1 saturated heterocycles. The summed E-state index contributed by atoms with van der Waals surface area (Å²) in [6.45, 7) is 11.7. The number of piperidine rings is 1. The van der Waals surface area contributed by atoms with Crippen LogP contribution in [0.5, 0.6) is 5.75 Å². The lowest BCUT2D eigenvalue weighted by Gasteiger charge is -2.28. The summed E-state index contributed by atoms with van der Waals surface area (Å²) in [5.74, 6) is 1.68. The van der Waals surface area contributed by atoms with E-state index in [0.717, 1.165) is 36.2 Å². The summed E-state index contributed by atoms with van der Waals surface area (Å²) in [6.07, 6.45) is 5.61. The van der Waals surface area contributed by atoms with Crippen LogP contribution in [0.15, 0.2) is 77.9 Å². The molecule has 4 aromatic rings. The number of ether oxygens (including phenoxy) is 1. The molecular weight excluding hydrogens is 476 g/mol. The van der Waals surface area contributed by atoms with Crippen molar-refractivity contribution in [2.45, 2.75) is 25.8 Å². The lowest BCUT2D eigenvalue weighted by molar-refractivity contribution is 0.159. The van der Waals surface area contributed by atoms with Gasteiger partial charge >= 0.3 is 0 Å². The van der Waals surface area contributed by atoms with Crippen LogP contribution in [0.2, 0.25) is 0 Å². The molecule has 0 saturated carbocycles. The van der Waals surface area contributed by atoms with Gasteiger partial charge in [-0.25, -0.2) is 19.5 Å². The van der Waals surface area contributed by atoms with Gasteiger partial charge in [0.05, 0.1) is 38.7 Å². The molecule has 0 bridgehead atoms. The summed E-state index contributed by atoms with van der Waals surface area (Å²) in [7, 11) is 2.14. The van der Waals surface area contributed by atoms with E-state index in [9.17, 15) is 4.79 Å². The smallest absolute Gasteiger partial charge is 0.267 e. The number of hydrogen-bond acceptors (Lipinski definition) is 6. The maximum absolute atomic E-state index is 12.8. The fourth-order valence-corrected chi connectivity index (χ4v) is 4.53. The second-order valence-corrected chi connectivity index (χ2v) is 9.60. The van der Waals surface area contributed by atoms with Gasteiger partial charge in [0.1, 0.15) is 0 Å². The van der Waals surface area contributed by atoms with Crippen molar-refractivity contribution in [3.63, 3.8) is 0 Å². The van der Waals surface area contributed by atoms with Crippen molar-refractivity contribution in [1.82, 2.24) is 24.6 Å². The van der Waals surface area contributed by atoms with Gasteiger partial charge in [0, 0.05) is 11.6 Å². The van der Waals surface area contributed by atoms with Gasteiger partial charge in [-0.3, -0.25) is 4.79 Å². The summed E-state index contributed by atoms with van der Waals surface area (Å²) >= 11 is 0. The zero-order chi connectivity index (χ0) is 27.4. The molecule has 2 aromatic heterocycles. The summed E-state index contributed by atoms with van der Waals surface area (Å²) in [5.41, 5.74) is 2.58. The highest BCUT2D eigenvalue weighted by Gasteiger charge is 2.18. The minimum atomic E-state index is -1.50. The quantitative estimate of drug-likeness (QED) is 0.318. The van der Waals surface area contributed by atoms with Crippen molar-refractivity contribution in [1.29, 1.82) is 0 Å². The van der Waals surface area contributed by atoms with Gasteiger partial charge in [-0.1, -0.05) is 36.4 Å². The molecule has 3 heterocycles. The largest absolute Gasteiger partial charge is 0.490 e. The molecule has 0 N–H and O–H groups in total. The SMILES string of the molecule is [2H][C@](C)(c1cccc(-c2ncc(OCC3CCN(C)CC3)cn2)c1)n1nc(-c2cccc([N+]#[C-])c2)ccc1=O. The fraction of sp³-hybridized carbons (Fsp3) is 0.300. The molecule has 0 aliphatic carbocycles. The van der Waals surface area contributed by atoms with Crippen LogP contribution in [-0.4, -0.2) is 51.4 Å². The van der Waals surface area contributed by atoms with E-state index in [4.69, 9.17) is 12.7 Å². The number of rotatable bonds is 7. The van der Waals surface area contributed by atoms with E-state index in [-0.39, 0.29) is 0 Å². The maximum Gasteiger partial charge on any atom is 0.267 e. The van der Waals surface area contributed by atoms with E-state index >= 15 is 0 Å².